The van der Waals surface area contributed by atoms with Gasteiger partial charge in [-0.05, 0) is 48.7 Å². The molecule has 0 unspecified atom stereocenters. The molecule has 2 atom stereocenters. The third-order valence-corrected chi connectivity index (χ3v) is 5.75. The first kappa shape index (κ1) is 18.4. The maximum Gasteiger partial charge on any atom is 0.131 e. The van der Waals surface area contributed by atoms with E-state index in [1.165, 1.54) is 12.1 Å². The molecule has 0 fully saturated rings. The summed E-state index contributed by atoms with van der Waals surface area (Å²) in [6, 6.07) is 6.33. The Bertz CT molecular complexity index is 975. The molecule has 0 aliphatic carbocycles. The summed E-state index contributed by atoms with van der Waals surface area (Å²) < 4.78 is 29.8. The van der Waals surface area contributed by atoms with Crippen molar-refractivity contribution < 1.29 is 8.78 Å². The first-order valence-corrected chi connectivity index (χ1v) is 9.54. The predicted molar refractivity (Wildman–Crippen MR) is 104 cm³/mol. The van der Waals surface area contributed by atoms with E-state index in [0.29, 0.717) is 5.92 Å². The summed E-state index contributed by atoms with van der Waals surface area (Å²) in [7, 11) is 2.02. The zero-order chi connectivity index (χ0) is 19.3. The highest BCUT2D eigenvalue weighted by molar-refractivity contribution is 6.30. The van der Waals surface area contributed by atoms with E-state index in [1.54, 1.807) is 6.20 Å². The van der Waals surface area contributed by atoms with Crippen molar-refractivity contribution >= 4 is 22.5 Å². The Morgan fingerprint density at radius 2 is 1.96 bits per heavy atom. The molecule has 142 valence electrons. The number of nitrogens with one attached hydrogen (secondary N) is 1. The second kappa shape index (κ2) is 6.88. The Hall–Kier alpha value is -1.98. The summed E-state index contributed by atoms with van der Waals surface area (Å²) in [5, 5.41) is 8.19. The molecule has 3 nitrogen and oxygen atoms in total. The van der Waals surface area contributed by atoms with Gasteiger partial charge in [-0.1, -0.05) is 31.5 Å². The van der Waals surface area contributed by atoms with Crippen molar-refractivity contribution in [3.05, 3.63) is 63.8 Å². The van der Waals surface area contributed by atoms with Crippen LogP contribution >= 0.6 is 11.6 Å². The van der Waals surface area contributed by atoms with Crippen molar-refractivity contribution in [2.45, 2.75) is 38.8 Å². The lowest BCUT2D eigenvalue weighted by Crippen LogP contribution is -2.42. The SMILES string of the molecule is CC(C)C[C@H]1[C@H](c2c(F)cc(Cl)cc2F)c2ccc3[nH]ncc3c2CN1C. The van der Waals surface area contributed by atoms with Crippen LogP contribution in [0.1, 0.15) is 42.9 Å². The van der Waals surface area contributed by atoms with Crippen LogP contribution < -0.4 is 0 Å². The molecule has 0 radical (unpaired) electrons. The summed E-state index contributed by atoms with van der Waals surface area (Å²) in [4.78, 5) is 2.20. The number of H-pyrrole nitrogens is 1. The van der Waals surface area contributed by atoms with Crippen LogP contribution in [0.25, 0.3) is 10.9 Å². The van der Waals surface area contributed by atoms with Gasteiger partial charge in [-0.2, -0.15) is 5.10 Å². The van der Waals surface area contributed by atoms with Crippen LogP contribution in [0, 0.1) is 17.6 Å². The van der Waals surface area contributed by atoms with Crippen LogP contribution in [0.5, 0.6) is 0 Å². The highest BCUT2D eigenvalue weighted by Crippen LogP contribution is 2.44. The van der Waals surface area contributed by atoms with Crippen molar-refractivity contribution in [3.8, 4) is 0 Å². The van der Waals surface area contributed by atoms with E-state index in [2.05, 4.69) is 28.9 Å². The Morgan fingerprint density at radius 3 is 2.63 bits per heavy atom. The topological polar surface area (TPSA) is 31.9 Å². The molecule has 1 aromatic heterocycles. The molecule has 0 saturated carbocycles. The number of rotatable bonds is 3. The minimum atomic E-state index is -0.590. The van der Waals surface area contributed by atoms with Gasteiger partial charge in [0, 0.05) is 34.5 Å². The number of nitrogens with zero attached hydrogens (tertiary/aromatic N) is 2. The maximum atomic E-state index is 14.9. The smallest absolute Gasteiger partial charge is 0.131 e. The van der Waals surface area contributed by atoms with Crippen LogP contribution in [-0.4, -0.2) is 28.2 Å². The van der Waals surface area contributed by atoms with Crippen molar-refractivity contribution in [2.24, 2.45) is 5.92 Å². The molecule has 1 aliphatic heterocycles. The summed E-state index contributed by atoms with van der Waals surface area (Å²) in [5.41, 5.74) is 3.07. The predicted octanol–water partition coefficient (Wildman–Crippen LogP) is 5.49. The normalized spacial score (nSPS) is 20.4. The van der Waals surface area contributed by atoms with Gasteiger partial charge in [0.25, 0.3) is 0 Å². The maximum absolute atomic E-state index is 14.9. The van der Waals surface area contributed by atoms with Crippen molar-refractivity contribution in [3.63, 3.8) is 0 Å². The molecule has 1 aliphatic rings. The minimum Gasteiger partial charge on any atom is -0.298 e. The van der Waals surface area contributed by atoms with Gasteiger partial charge in [-0.3, -0.25) is 10.00 Å². The summed E-state index contributed by atoms with van der Waals surface area (Å²) >= 11 is 5.87. The summed E-state index contributed by atoms with van der Waals surface area (Å²) in [6.45, 7) is 4.99. The molecule has 6 heteroatoms. The number of aromatic amines is 1. The molecular formula is C21H22ClF2N3. The molecule has 27 heavy (non-hydrogen) atoms. The van der Waals surface area contributed by atoms with Crippen LogP contribution in [-0.2, 0) is 6.54 Å². The van der Waals surface area contributed by atoms with E-state index >= 15 is 0 Å². The Morgan fingerprint density at radius 1 is 1.26 bits per heavy atom. The van der Waals surface area contributed by atoms with E-state index in [9.17, 15) is 8.78 Å². The average molecular weight is 390 g/mol. The molecule has 1 N–H and O–H groups in total. The number of hydrogen-bond donors (Lipinski definition) is 1. The fraction of sp³-hybridized carbons (Fsp3) is 0.381. The minimum absolute atomic E-state index is 0.00738. The summed E-state index contributed by atoms with van der Waals surface area (Å²) in [5.74, 6) is -1.19. The second-order valence-corrected chi connectivity index (χ2v) is 8.27. The van der Waals surface area contributed by atoms with Gasteiger partial charge in [0.1, 0.15) is 11.6 Å². The van der Waals surface area contributed by atoms with Crippen molar-refractivity contribution in [2.75, 3.05) is 7.05 Å². The Kier molecular flexibility index (Phi) is 4.68. The van der Waals surface area contributed by atoms with Gasteiger partial charge >= 0.3 is 0 Å². The standard InChI is InChI=1S/C21H22ClF2N3/c1-11(2)6-19-20(21-16(23)7-12(22)8-17(21)24)13-4-5-18-14(9-25-26-18)15(13)10-27(19)3/h4-5,7-9,11,19-20H,6,10H2,1-3H3,(H,25,26)/t19-,20+/m0/s1. The Balaban J connectivity index is 1.97. The quantitative estimate of drug-likeness (QED) is 0.642. The molecule has 0 amide bonds. The zero-order valence-corrected chi connectivity index (χ0v) is 16.3. The molecule has 4 rings (SSSR count). The highest BCUT2D eigenvalue weighted by atomic mass is 35.5. The molecule has 0 bridgehead atoms. The van der Waals surface area contributed by atoms with Crippen LogP contribution in [0.15, 0.2) is 30.5 Å². The van der Waals surface area contributed by atoms with E-state index in [-0.39, 0.29) is 16.6 Å². The zero-order valence-electron chi connectivity index (χ0n) is 15.6. The van der Waals surface area contributed by atoms with Gasteiger partial charge < -0.3 is 0 Å². The van der Waals surface area contributed by atoms with Gasteiger partial charge in [0.15, 0.2) is 0 Å². The van der Waals surface area contributed by atoms with E-state index in [4.69, 9.17) is 11.6 Å². The van der Waals surface area contributed by atoms with Gasteiger partial charge in [-0.15, -0.1) is 0 Å². The van der Waals surface area contributed by atoms with Crippen LogP contribution in [0.2, 0.25) is 5.02 Å². The highest BCUT2D eigenvalue weighted by Gasteiger charge is 2.38. The first-order chi connectivity index (χ1) is 12.9. The number of benzene rings is 2. The first-order valence-electron chi connectivity index (χ1n) is 9.16. The number of likely N-dealkylation sites (N-methyl/N-ethyl adjacent to an activating group) is 1. The third-order valence-electron chi connectivity index (χ3n) is 5.53. The largest absolute Gasteiger partial charge is 0.298 e. The van der Waals surface area contributed by atoms with Gasteiger partial charge in [0.05, 0.1) is 11.7 Å². The number of fused-ring (bicyclic) bond motifs is 3. The molecule has 2 heterocycles. The van der Waals surface area contributed by atoms with Crippen LogP contribution in [0.3, 0.4) is 0 Å². The third kappa shape index (κ3) is 3.13. The monoisotopic (exact) mass is 389 g/mol. The molecule has 0 saturated heterocycles. The lowest BCUT2D eigenvalue weighted by Gasteiger charge is -2.42. The molecule has 0 spiro atoms. The van der Waals surface area contributed by atoms with Crippen molar-refractivity contribution in [1.29, 1.82) is 0 Å². The summed E-state index contributed by atoms with van der Waals surface area (Å²) in [6.07, 6.45) is 2.63. The number of aromatic nitrogens is 2. The van der Waals surface area contributed by atoms with Gasteiger partial charge in [-0.25, -0.2) is 8.78 Å². The lowest BCUT2D eigenvalue weighted by molar-refractivity contribution is 0.169. The average Bonchev–Trinajstić information content (AvgIpc) is 3.05. The fourth-order valence-corrected chi connectivity index (χ4v) is 4.58. The van der Waals surface area contributed by atoms with E-state index in [1.807, 2.05) is 19.2 Å². The van der Waals surface area contributed by atoms with Gasteiger partial charge in [0.2, 0.25) is 0 Å². The van der Waals surface area contributed by atoms with E-state index < -0.39 is 17.6 Å². The van der Waals surface area contributed by atoms with Crippen molar-refractivity contribution in [1.82, 2.24) is 15.1 Å². The fourth-order valence-electron chi connectivity index (χ4n) is 4.39. The Labute approximate surface area is 162 Å². The molecular weight excluding hydrogens is 368 g/mol. The lowest BCUT2D eigenvalue weighted by atomic mass is 9.75. The molecule has 2 aromatic carbocycles. The number of hydrogen-bond acceptors (Lipinski definition) is 2. The number of halogens is 3. The van der Waals surface area contributed by atoms with Crippen LogP contribution in [0.4, 0.5) is 8.78 Å². The molecule has 3 aromatic rings. The van der Waals surface area contributed by atoms with E-state index in [0.717, 1.165) is 35.0 Å². The second-order valence-electron chi connectivity index (χ2n) is 7.84.